The second-order valence-electron chi connectivity index (χ2n) is 10.4. The molecule has 1 aliphatic heterocycles. The molecular formula is C33H32O5S2. The third kappa shape index (κ3) is 6.41. The second-order valence-corrected chi connectivity index (χ2v) is 13.6. The van der Waals surface area contributed by atoms with Crippen molar-refractivity contribution in [3.05, 3.63) is 88.3 Å². The summed E-state index contributed by atoms with van der Waals surface area (Å²) in [7, 11) is -2.87. The van der Waals surface area contributed by atoms with E-state index in [9.17, 15) is 18.3 Å². The van der Waals surface area contributed by atoms with Crippen molar-refractivity contribution < 1.29 is 23.1 Å². The first-order valence-electron chi connectivity index (χ1n) is 13.4. The van der Waals surface area contributed by atoms with Crippen molar-refractivity contribution in [2.75, 3.05) is 11.5 Å². The summed E-state index contributed by atoms with van der Waals surface area (Å²) in [5.74, 6) is 6.16. The van der Waals surface area contributed by atoms with E-state index in [4.69, 9.17) is 4.74 Å². The Morgan fingerprint density at radius 2 is 1.80 bits per heavy atom. The Morgan fingerprint density at radius 3 is 2.48 bits per heavy atom. The van der Waals surface area contributed by atoms with Gasteiger partial charge in [-0.2, -0.15) is 0 Å². The molecule has 1 aromatic heterocycles. The van der Waals surface area contributed by atoms with Gasteiger partial charge in [0.2, 0.25) is 0 Å². The van der Waals surface area contributed by atoms with Crippen LogP contribution in [0.5, 0.6) is 5.75 Å². The highest BCUT2D eigenvalue weighted by molar-refractivity contribution is 7.91. The molecule has 0 radical (unpaired) electrons. The quantitative estimate of drug-likeness (QED) is 0.224. The van der Waals surface area contributed by atoms with Crippen LogP contribution >= 0.6 is 11.3 Å². The molecule has 1 saturated heterocycles. The van der Waals surface area contributed by atoms with Crippen LogP contribution in [0.25, 0.3) is 21.2 Å². The van der Waals surface area contributed by atoms with E-state index < -0.39 is 15.8 Å². The summed E-state index contributed by atoms with van der Waals surface area (Å²) in [6.07, 6.45) is 1.37. The van der Waals surface area contributed by atoms with Gasteiger partial charge < -0.3 is 9.84 Å². The van der Waals surface area contributed by atoms with Gasteiger partial charge in [-0.1, -0.05) is 42.3 Å². The maximum absolute atomic E-state index is 11.8. The Morgan fingerprint density at radius 1 is 1.05 bits per heavy atom. The first kappa shape index (κ1) is 27.9. The van der Waals surface area contributed by atoms with Crippen molar-refractivity contribution >= 4 is 37.2 Å². The zero-order valence-electron chi connectivity index (χ0n) is 22.6. The zero-order valence-corrected chi connectivity index (χ0v) is 24.3. The Balaban J connectivity index is 1.31. The lowest BCUT2D eigenvalue weighted by molar-refractivity contribution is -0.137. The molecule has 1 N–H and O–H groups in total. The SMILES string of the molecule is CC#C[C@@H](CC(=O)O)c1ccc(OCc2ccc3scc(-c4ccc(C5CCS(=O)(=O)CC5)cc4C)c3c2)cc1. The van der Waals surface area contributed by atoms with Crippen LogP contribution in [-0.2, 0) is 21.2 Å². The van der Waals surface area contributed by atoms with Gasteiger partial charge in [0, 0.05) is 15.6 Å². The van der Waals surface area contributed by atoms with Crippen LogP contribution in [0.4, 0.5) is 0 Å². The average molecular weight is 573 g/mol. The molecule has 1 atom stereocenters. The van der Waals surface area contributed by atoms with Crippen molar-refractivity contribution in [2.24, 2.45) is 0 Å². The Hall–Kier alpha value is -3.60. The number of carbonyl (C=O) groups is 1. The van der Waals surface area contributed by atoms with E-state index in [0.717, 1.165) is 16.9 Å². The summed E-state index contributed by atoms with van der Waals surface area (Å²) in [5.41, 5.74) is 6.74. The van der Waals surface area contributed by atoms with Gasteiger partial charge in [0.1, 0.15) is 22.2 Å². The van der Waals surface area contributed by atoms with Gasteiger partial charge in [0.25, 0.3) is 0 Å². The van der Waals surface area contributed by atoms with Gasteiger partial charge in [-0.15, -0.1) is 17.3 Å². The number of sulfone groups is 1. The molecule has 1 fully saturated rings. The van der Waals surface area contributed by atoms with Gasteiger partial charge in [-0.05, 0) is 90.1 Å². The number of benzene rings is 3. The molecule has 0 amide bonds. The van der Waals surface area contributed by atoms with E-state index in [1.807, 2.05) is 24.3 Å². The summed E-state index contributed by atoms with van der Waals surface area (Å²) in [6.45, 7) is 4.26. The largest absolute Gasteiger partial charge is 0.489 e. The molecule has 0 spiro atoms. The maximum Gasteiger partial charge on any atom is 0.304 e. The third-order valence-electron chi connectivity index (χ3n) is 7.59. The van der Waals surface area contributed by atoms with Crippen LogP contribution in [0.2, 0.25) is 0 Å². The highest BCUT2D eigenvalue weighted by Crippen LogP contribution is 2.38. The highest BCUT2D eigenvalue weighted by Gasteiger charge is 2.25. The van der Waals surface area contributed by atoms with Crippen molar-refractivity contribution in [3.8, 4) is 28.7 Å². The molecule has 7 heteroatoms. The lowest BCUT2D eigenvalue weighted by Gasteiger charge is -2.23. The number of aryl methyl sites for hydroxylation is 1. The fourth-order valence-corrected chi connectivity index (χ4v) is 7.84. The fraction of sp³-hybridized carbons (Fsp3) is 0.303. The lowest BCUT2D eigenvalue weighted by Crippen LogP contribution is -2.22. The van der Waals surface area contributed by atoms with E-state index in [2.05, 4.69) is 60.5 Å². The van der Waals surface area contributed by atoms with Crippen molar-refractivity contribution in [3.63, 3.8) is 0 Å². The number of rotatable bonds is 8. The van der Waals surface area contributed by atoms with Crippen LogP contribution < -0.4 is 4.74 Å². The van der Waals surface area contributed by atoms with E-state index in [1.54, 1.807) is 18.3 Å². The number of fused-ring (bicyclic) bond motifs is 1. The monoisotopic (exact) mass is 572 g/mol. The molecule has 5 nitrogen and oxygen atoms in total. The number of hydrogen-bond donors (Lipinski definition) is 1. The first-order valence-corrected chi connectivity index (χ1v) is 16.1. The molecule has 3 aromatic carbocycles. The van der Waals surface area contributed by atoms with E-state index >= 15 is 0 Å². The predicted molar refractivity (Wildman–Crippen MR) is 162 cm³/mol. The summed E-state index contributed by atoms with van der Waals surface area (Å²) in [4.78, 5) is 11.2. The van der Waals surface area contributed by atoms with Crippen LogP contribution in [0, 0.1) is 18.8 Å². The number of thiophene rings is 1. The molecule has 5 rings (SSSR count). The van der Waals surface area contributed by atoms with Crippen LogP contribution in [0.1, 0.15) is 60.3 Å². The van der Waals surface area contributed by atoms with E-state index in [0.29, 0.717) is 25.4 Å². The molecular weight excluding hydrogens is 540 g/mol. The summed E-state index contributed by atoms with van der Waals surface area (Å²) in [6, 6.07) is 20.5. The van der Waals surface area contributed by atoms with Gasteiger partial charge in [-0.25, -0.2) is 8.42 Å². The topological polar surface area (TPSA) is 80.7 Å². The fourth-order valence-electron chi connectivity index (χ4n) is 5.41. The van der Waals surface area contributed by atoms with Crippen molar-refractivity contribution in [1.82, 2.24) is 0 Å². The first-order chi connectivity index (χ1) is 19.2. The number of hydrogen-bond acceptors (Lipinski definition) is 5. The predicted octanol–water partition coefficient (Wildman–Crippen LogP) is 7.33. The van der Waals surface area contributed by atoms with Crippen LogP contribution in [-0.4, -0.2) is 31.0 Å². The standard InChI is InChI=1S/C33H32O5S2/c1-3-4-26(19-33(34)35)24-6-9-28(10-7-24)38-20-23-5-12-32-30(18-23)31(21-39-32)29-11-8-27(17-22(29)2)25-13-15-40(36,37)16-14-25/h5-12,17-18,21,25-26H,13-16,19-20H2,1-2H3,(H,34,35)/t26-/m0/s1. The Labute approximate surface area is 239 Å². The molecule has 4 aromatic rings. The summed E-state index contributed by atoms with van der Waals surface area (Å²) >= 11 is 1.72. The average Bonchev–Trinajstić information content (AvgIpc) is 3.35. The molecule has 206 valence electrons. The normalized spacial score (nSPS) is 15.8. The second kappa shape index (κ2) is 11.9. The number of carboxylic acids is 1. The van der Waals surface area contributed by atoms with Crippen LogP contribution in [0.15, 0.2) is 66.0 Å². The lowest BCUT2D eigenvalue weighted by atomic mass is 9.89. The molecule has 1 aliphatic rings. The minimum Gasteiger partial charge on any atom is -0.489 e. The molecule has 0 aliphatic carbocycles. The van der Waals surface area contributed by atoms with Crippen molar-refractivity contribution in [2.45, 2.75) is 51.6 Å². The highest BCUT2D eigenvalue weighted by atomic mass is 32.2. The zero-order chi connectivity index (χ0) is 28.3. The molecule has 2 heterocycles. The Bertz CT molecular complexity index is 1690. The van der Waals surface area contributed by atoms with Gasteiger partial charge in [0.15, 0.2) is 0 Å². The van der Waals surface area contributed by atoms with Crippen molar-refractivity contribution in [1.29, 1.82) is 0 Å². The number of ether oxygens (including phenoxy) is 1. The van der Waals surface area contributed by atoms with Gasteiger partial charge >= 0.3 is 5.97 Å². The van der Waals surface area contributed by atoms with E-state index in [1.165, 1.54) is 32.3 Å². The molecule has 0 unspecified atom stereocenters. The number of aliphatic carboxylic acids is 1. The summed E-state index contributed by atoms with van der Waals surface area (Å²) < 4.78 is 31.0. The number of carboxylic acid groups (broad SMARTS) is 1. The smallest absolute Gasteiger partial charge is 0.304 e. The Kier molecular flexibility index (Phi) is 8.30. The molecule has 0 bridgehead atoms. The minimum atomic E-state index is -2.87. The maximum atomic E-state index is 11.8. The molecule has 40 heavy (non-hydrogen) atoms. The van der Waals surface area contributed by atoms with Gasteiger partial charge in [0.05, 0.1) is 23.8 Å². The minimum absolute atomic E-state index is 0.0306. The molecule has 0 saturated carbocycles. The third-order valence-corrected chi connectivity index (χ3v) is 10.3. The van der Waals surface area contributed by atoms with Crippen LogP contribution in [0.3, 0.4) is 0 Å². The summed E-state index contributed by atoms with van der Waals surface area (Å²) in [5, 5.41) is 12.6. The van der Waals surface area contributed by atoms with E-state index in [-0.39, 0.29) is 23.8 Å². The van der Waals surface area contributed by atoms with Gasteiger partial charge in [-0.3, -0.25) is 4.79 Å².